The molecule has 0 aromatic heterocycles. The third-order valence-corrected chi connectivity index (χ3v) is 3.91. The highest BCUT2D eigenvalue weighted by Crippen LogP contribution is 2.38. The fraction of sp³-hybridized carbons (Fsp3) is 0.533. The molecule has 1 aromatic rings. The number of nitrogens with one attached hydrogen (secondary N) is 1. The predicted octanol–water partition coefficient (Wildman–Crippen LogP) is 2.22. The molecule has 0 amide bonds. The van der Waals surface area contributed by atoms with Gasteiger partial charge in [0.2, 0.25) is 0 Å². The van der Waals surface area contributed by atoms with Crippen LogP contribution in [0, 0.1) is 17.2 Å². The quantitative estimate of drug-likeness (QED) is 0.880. The fourth-order valence-corrected chi connectivity index (χ4v) is 2.74. The van der Waals surface area contributed by atoms with Crippen molar-refractivity contribution in [1.29, 1.82) is 5.26 Å². The summed E-state index contributed by atoms with van der Waals surface area (Å²) >= 11 is 0. The summed E-state index contributed by atoms with van der Waals surface area (Å²) in [5.41, 5.74) is 1.85. The van der Waals surface area contributed by atoms with Crippen LogP contribution in [0.5, 0.6) is 0 Å². The fourth-order valence-electron chi connectivity index (χ4n) is 2.74. The minimum absolute atomic E-state index is 0.402. The molecular weight excluding hydrogens is 224 g/mol. The van der Waals surface area contributed by atoms with Crippen LogP contribution in [-0.2, 0) is 11.3 Å². The molecule has 0 radical (unpaired) electrons. The second-order valence-electron chi connectivity index (χ2n) is 5.22. The Kier molecular flexibility index (Phi) is 3.31. The van der Waals surface area contributed by atoms with Crippen LogP contribution in [0.3, 0.4) is 0 Å². The van der Waals surface area contributed by atoms with E-state index < -0.39 is 0 Å². The Labute approximate surface area is 108 Å². The molecule has 1 saturated carbocycles. The molecule has 18 heavy (non-hydrogen) atoms. The molecule has 2 fully saturated rings. The Balaban J connectivity index is 1.62. The van der Waals surface area contributed by atoms with Crippen LogP contribution in [0.1, 0.15) is 30.4 Å². The zero-order chi connectivity index (χ0) is 12.4. The molecule has 2 aliphatic rings. The molecule has 2 atom stereocenters. The minimum Gasteiger partial charge on any atom is -0.376 e. The normalized spacial score (nSPS) is 27.1. The summed E-state index contributed by atoms with van der Waals surface area (Å²) in [6, 6.07) is 10.5. The van der Waals surface area contributed by atoms with Crippen molar-refractivity contribution in [2.45, 2.75) is 38.0 Å². The number of benzene rings is 1. The molecule has 1 N–H and O–H groups in total. The van der Waals surface area contributed by atoms with Gasteiger partial charge >= 0.3 is 0 Å². The molecule has 3 rings (SSSR count). The predicted molar refractivity (Wildman–Crippen MR) is 68.9 cm³/mol. The van der Waals surface area contributed by atoms with Crippen molar-refractivity contribution in [3.8, 4) is 6.07 Å². The maximum Gasteiger partial charge on any atom is 0.0995 e. The first-order valence-electron chi connectivity index (χ1n) is 6.71. The molecule has 3 heteroatoms. The Hall–Kier alpha value is -1.37. The van der Waals surface area contributed by atoms with E-state index in [0.717, 1.165) is 36.6 Å². The first kappa shape index (κ1) is 11.7. The van der Waals surface area contributed by atoms with Crippen LogP contribution < -0.4 is 5.32 Å². The van der Waals surface area contributed by atoms with E-state index in [2.05, 4.69) is 11.4 Å². The maximum atomic E-state index is 9.06. The van der Waals surface area contributed by atoms with Gasteiger partial charge in [0.25, 0.3) is 0 Å². The van der Waals surface area contributed by atoms with Crippen molar-refractivity contribution in [3.05, 3.63) is 35.4 Å². The summed E-state index contributed by atoms with van der Waals surface area (Å²) in [4.78, 5) is 0. The van der Waals surface area contributed by atoms with Gasteiger partial charge in [0, 0.05) is 19.2 Å². The number of nitrogens with zero attached hydrogens (tertiary/aromatic N) is 1. The Morgan fingerprint density at radius 3 is 2.89 bits per heavy atom. The van der Waals surface area contributed by atoms with E-state index >= 15 is 0 Å². The Bertz CT molecular complexity index is 462. The van der Waals surface area contributed by atoms with E-state index in [0.29, 0.717) is 12.1 Å². The molecular formula is C15H18N2O. The van der Waals surface area contributed by atoms with E-state index in [9.17, 15) is 0 Å². The van der Waals surface area contributed by atoms with Crippen molar-refractivity contribution in [3.63, 3.8) is 0 Å². The second-order valence-corrected chi connectivity index (χ2v) is 5.22. The van der Waals surface area contributed by atoms with Crippen LogP contribution in [0.4, 0.5) is 0 Å². The summed E-state index contributed by atoms with van der Waals surface area (Å²) < 4.78 is 5.81. The van der Waals surface area contributed by atoms with Gasteiger partial charge in [-0.25, -0.2) is 0 Å². The number of rotatable bonds is 4. The lowest BCUT2D eigenvalue weighted by Crippen LogP contribution is -2.37. The largest absolute Gasteiger partial charge is 0.376 e. The highest BCUT2D eigenvalue weighted by molar-refractivity contribution is 5.37. The van der Waals surface area contributed by atoms with Crippen LogP contribution >= 0.6 is 0 Å². The molecule has 1 aliphatic heterocycles. The van der Waals surface area contributed by atoms with Crippen LogP contribution in [-0.4, -0.2) is 18.8 Å². The lowest BCUT2D eigenvalue weighted by atomic mass is 10.0. The van der Waals surface area contributed by atoms with E-state index in [1.54, 1.807) is 0 Å². The van der Waals surface area contributed by atoms with Gasteiger partial charge < -0.3 is 10.1 Å². The van der Waals surface area contributed by atoms with Gasteiger partial charge in [-0.05, 0) is 36.8 Å². The van der Waals surface area contributed by atoms with E-state index in [-0.39, 0.29) is 0 Å². The van der Waals surface area contributed by atoms with Gasteiger partial charge in [-0.3, -0.25) is 0 Å². The number of hydrogen-bond acceptors (Lipinski definition) is 3. The molecule has 2 unspecified atom stereocenters. The average molecular weight is 242 g/mol. The van der Waals surface area contributed by atoms with Crippen molar-refractivity contribution < 1.29 is 4.74 Å². The topological polar surface area (TPSA) is 45.0 Å². The molecule has 1 heterocycles. The van der Waals surface area contributed by atoms with Crippen molar-refractivity contribution in [2.24, 2.45) is 5.92 Å². The highest BCUT2D eigenvalue weighted by atomic mass is 16.5. The number of ether oxygens (including phenoxy) is 1. The van der Waals surface area contributed by atoms with Gasteiger partial charge in [-0.1, -0.05) is 18.2 Å². The van der Waals surface area contributed by atoms with Gasteiger partial charge in [0.15, 0.2) is 0 Å². The van der Waals surface area contributed by atoms with E-state index in [1.165, 1.54) is 12.8 Å². The van der Waals surface area contributed by atoms with Crippen molar-refractivity contribution >= 4 is 0 Å². The zero-order valence-corrected chi connectivity index (χ0v) is 10.4. The first-order chi connectivity index (χ1) is 8.88. The third-order valence-electron chi connectivity index (χ3n) is 3.91. The molecule has 0 bridgehead atoms. The molecule has 1 saturated heterocycles. The van der Waals surface area contributed by atoms with Gasteiger partial charge in [-0.2, -0.15) is 5.26 Å². The van der Waals surface area contributed by atoms with Gasteiger partial charge in [-0.15, -0.1) is 0 Å². The smallest absolute Gasteiger partial charge is 0.0995 e. The van der Waals surface area contributed by atoms with Crippen molar-refractivity contribution in [1.82, 2.24) is 5.32 Å². The third kappa shape index (κ3) is 2.40. The van der Waals surface area contributed by atoms with Gasteiger partial charge in [0.05, 0.1) is 17.7 Å². The van der Waals surface area contributed by atoms with Crippen LogP contribution in [0.25, 0.3) is 0 Å². The highest BCUT2D eigenvalue weighted by Gasteiger charge is 2.40. The summed E-state index contributed by atoms with van der Waals surface area (Å²) in [5, 5.41) is 12.6. The second kappa shape index (κ2) is 5.09. The molecule has 0 spiro atoms. The minimum atomic E-state index is 0.402. The molecule has 3 nitrogen and oxygen atoms in total. The zero-order valence-electron chi connectivity index (χ0n) is 10.4. The van der Waals surface area contributed by atoms with Crippen LogP contribution in [0.2, 0.25) is 0 Å². The summed E-state index contributed by atoms with van der Waals surface area (Å²) in [5.74, 6) is 0.774. The summed E-state index contributed by atoms with van der Waals surface area (Å²) in [6.07, 6.45) is 4.13. The number of hydrogen-bond donors (Lipinski definition) is 1. The van der Waals surface area contributed by atoms with E-state index in [1.807, 2.05) is 24.3 Å². The van der Waals surface area contributed by atoms with E-state index in [4.69, 9.17) is 10.00 Å². The van der Waals surface area contributed by atoms with Crippen molar-refractivity contribution in [2.75, 3.05) is 6.61 Å². The lowest BCUT2D eigenvalue weighted by molar-refractivity contribution is 0.0809. The molecule has 1 aromatic carbocycles. The maximum absolute atomic E-state index is 9.06. The standard InChI is InChI=1S/C15H18N2O/c16-9-12-3-1-2-4-13(12)10-17-14-7-8-18-15(14)11-5-6-11/h1-4,11,14-15,17H,5-8,10H2. The SMILES string of the molecule is N#Cc1ccccc1CNC1CCOC1C1CC1. The average Bonchev–Trinajstić information content (AvgIpc) is 3.16. The van der Waals surface area contributed by atoms with Crippen LogP contribution in [0.15, 0.2) is 24.3 Å². The summed E-state index contributed by atoms with van der Waals surface area (Å²) in [6.45, 7) is 1.64. The van der Waals surface area contributed by atoms with Gasteiger partial charge in [0.1, 0.15) is 0 Å². The summed E-state index contributed by atoms with van der Waals surface area (Å²) in [7, 11) is 0. The monoisotopic (exact) mass is 242 g/mol. The lowest BCUT2D eigenvalue weighted by Gasteiger charge is -2.19. The first-order valence-corrected chi connectivity index (χ1v) is 6.71. The molecule has 94 valence electrons. The molecule has 1 aliphatic carbocycles. The number of nitriles is 1. The Morgan fingerprint density at radius 2 is 2.11 bits per heavy atom. The Morgan fingerprint density at radius 1 is 1.28 bits per heavy atom.